The second-order valence-electron chi connectivity index (χ2n) is 3.96. The third kappa shape index (κ3) is 2.40. The molecule has 0 aromatic heterocycles. The van der Waals surface area contributed by atoms with E-state index in [2.05, 4.69) is 6.07 Å². The van der Waals surface area contributed by atoms with Crippen LogP contribution in [-0.4, -0.2) is 31.7 Å². The highest BCUT2D eigenvalue weighted by Gasteiger charge is 2.29. The van der Waals surface area contributed by atoms with Gasteiger partial charge in [-0.15, -0.1) is 0 Å². The SMILES string of the molecule is N#Cc1ccc(Cl)cc1N1CCOCC1C(N)=O. The molecule has 6 heteroatoms. The number of morpholine rings is 1. The van der Waals surface area contributed by atoms with Crippen LogP contribution in [0.2, 0.25) is 5.02 Å². The normalized spacial score (nSPS) is 19.3. The van der Waals surface area contributed by atoms with Crippen molar-refractivity contribution in [2.45, 2.75) is 6.04 Å². The van der Waals surface area contributed by atoms with Crippen LogP contribution >= 0.6 is 11.6 Å². The highest BCUT2D eigenvalue weighted by molar-refractivity contribution is 6.30. The second-order valence-corrected chi connectivity index (χ2v) is 4.40. The number of amides is 1. The van der Waals surface area contributed by atoms with Crippen molar-refractivity contribution in [1.29, 1.82) is 5.26 Å². The number of nitriles is 1. The maximum Gasteiger partial charge on any atom is 0.242 e. The summed E-state index contributed by atoms with van der Waals surface area (Å²) in [6.45, 7) is 1.22. The van der Waals surface area contributed by atoms with Crippen molar-refractivity contribution in [1.82, 2.24) is 0 Å². The van der Waals surface area contributed by atoms with Crippen molar-refractivity contribution >= 4 is 23.2 Å². The Morgan fingerprint density at radius 2 is 2.39 bits per heavy atom. The molecule has 1 heterocycles. The third-order valence-corrected chi connectivity index (χ3v) is 3.08. The lowest BCUT2D eigenvalue weighted by Gasteiger charge is -2.35. The molecule has 1 atom stereocenters. The summed E-state index contributed by atoms with van der Waals surface area (Å²) in [7, 11) is 0. The molecule has 1 saturated heterocycles. The number of carbonyl (C=O) groups is 1. The molecular weight excluding hydrogens is 254 g/mol. The number of ether oxygens (including phenoxy) is 1. The van der Waals surface area contributed by atoms with Crippen molar-refractivity contribution < 1.29 is 9.53 Å². The second kappa shape index (κ2) is 5.25. The molecule has 1 aromatic rings. The Balaban J connectivity index is 2.42. The molecule has 1 aromatic carbocycles. The van der Waals surface area contributed by atoms with Gasteiger partial charge in [0.1, 0.15) is 12.1 Å². The summed E-state index contributed by atoms with van der Waals surface area (Å²) in [5.74, 6) is -0.474. The highest BCUT2D eigenvalue weighted by Crippen LogP contribution is 2.27. The number of nitrogens with zero attached hydrogens (tertiary/aromatic N) is 2. The van der Waals surface area contributed by atoms with Gasteiger partial charge >= 0.3 is 0 Å². The molecule has 1 fully saturated rings. The van der Waals surface area contributed by atoms with E-state index in [9.17, 15) is 4.79 Å². The lowest BCUT2D eigenvalue weighted by molar-refractivity contribution is -0.121. The smallest absolute Gasteiger partial charge is 0.242 e. The first kappa shape index (κ1) is 12.7. The van der Waals surface area contributed by atoms with Gasteiger partial charge in [-0.05, 0) is 18.2 Å². The van der Waals surface area contributed by atoms with Gasteiger partial charge in [0.15, 0.2) is 0 Å². The molecule has 1 amide bonds. The van der Waals surface area contributed by atoms with Gasteiger partial charge in [0.05, 0.1) is 24.5 Å². The van der Waals surface area contributed by atoms with Gasteiger partial charge in [0.25, 0.3) is 0 Å². The van der Waals surface area contributed by atoms with Crippen molar-refractivity contribution in [3.05, 3.63) is 28.8 Å². The maximum atomic E-state index is 11.4. The topological polar surface area (TPSA) is 79.3 Å². The van der Waals surface area contributed by atoms with Gasteiger partial charge in [-0.3, -0.25) is 4.79 Å². The minimum Gasteiger partial charge on any atom is -0.377 e. The number of primary amides is 1. The first-order valence-electron chi connectivity index (χ1n) is 5.47. The molecular formula is C12H12ClN3O2. The van der Waals surface area contributed by atoms with Crippen LogP contribution in [0.1, 0.15) is 5.56 Å². The average Bonchev–Trinajstić information content (AvgIpc) is 2.38. The summed E-state index contributed by atoms with van der Waals surface area (Å²) in [6.07, 6.45) is 0. The van der Waals surface area contributed by atoms with E-state index < -0.39 is 11.9 Å². The quantitative estimate of drug-likeness (QED) is 0.862. The average molecular weight is 266 g/mol. The molecule has 18 heavy (non-hydrogen) atoms. The van der Waals surface area contributed by atoms with Crippen LogP contribution in [0.5, 0.6) is 0 Å². The zero-order valence-electron chi connectivity index (χ0n) is 9.60. The molecule has 0 bridgehead atoms. The van der Waals surface area contributed by atoms with Crippen LogP contribution < -0.4 is 10.6 Å². The Hall–Kier alpha value is -1.77. The van der Waals surface area contributed by atoms with Crippen LogP contribution in [0.15, 0.2) is 18.2 Å². The monoisotopic (exact) mass is 265 g/mol. The van der Waals surface area contributed by atoms with Crippen molar-refractivity contribution in [2.75, 3.05) is 24.7 Å². The van der Waals surface area contributed by atoms with Crippen LogP contribution in [-0.2, 0) is 9.53 Å². The van der Waals surface area contributed by atoms with Crippen molar-refractivity contribution in [3.63, 3.8) is 0 Å². The largest absolute Gasteiger partial charge is 0.377 e. The fourth-order valence-corrected chi connectivity index (χ4v) is 2.13. The van der Waals surface area contributed by atoms with Crippen molar-refractivity contribution in [3.8, 4) is 6.07 Å². The molecule has 5 nitrogen and oxygen atoms in total. The Morgan fingerprint density at radius 1 is 1.61 bits per heavy atom. The molecule has 1 aliphatic rings. The van der Waals surface area contributed by atoms with Crippen LogP contribution in [0.25, 0.3) is 0 Å². The maximum absolute atomic E-state index is 11.4. The van der Waals surface area contributed by atoms with Crippen molar-refractivity contribution in [2.24, 2.45) is 5.73 Å². The van der Waals surface area contributed by atoms with E-state index in [0.717, 1.165) is 0 Å². The number of anilines is 1. The molecule has 2 N–H and O–H groups in total. The number of carbonyl (C=O) groups excluding carboxylic acids is 1. The predicted molar refractivity (Wildman–Crippen MR) is 67.3 cm³/mol. The summed E-state index contributed by atoms with van der Waals surface area (Å²) >= 11 is 5.94. The number of nitrogens with two attached hydrogens (primary N) is 1. The van der Waals surface area contributed by atoms with Crippen LogP contribution in [0, 0.1) is 11.3 Å². The molecule has 0 aliphatic carbocycles. The van der Waals surface area contributed by atoms with Gasteiger partial charge < -0.3 is 15.4 Å². The fourth-order valence-electron chi connectivity index (χ4n) is 1.96. The van der Waals surface area contributed by atoms with E-state index in [-0.39, 0.29) is 6.61 Å². The van der Waals surface area contributed by atoms with E-state index in [1.165, 1.54) is 0 Å². The minimum atomic E-state index is -0.565. The standard InChI is InChI=1S/C12H12ClN3O2/c13-9-2-1-8(6-14)10(5-9)16-3-4-18-7-11(16)12(15)17/h1-2,5,11H,3-4,7H2,(H2,15,17). The Morgan fingerprint density at radius 3 is 3.06 bits per heavy atom. The van der Waals surface area contributed by atoms with Crippen LogP contribution in [0.4, 0.5) is 5.69 Å². The first-order valence-corrected chi connectivity index (χ1v) is 5.84. The fraction of sp³-hybridized carbons (Fsp3) is 0.333. The highest BCUT2D eigenvalue weighted by atomic mass is 35.5. The van der Waals surface area contributed by atoms with Gasteiger partial charge in [-0.25, -0.2) is 0 Å². The Bertz CT molecular complexity index is 513. The van der Waals surface area contributed by atoms with Gasteiger partial charge in [0.2, 0.25) is 5.91 Å². The summed E-state index contributed by atoms with van der Waals surface area (Å²) < 4.78 is 5.24. The van der Waals surface area contributed by atoms with E-state index >= 15 is 0 Å². The Kier molecular flexibility index (Phi) is 3.70. The summed E-state index contributed by atoms with van der Waals surface area (Å²) in [4.78, 5) is 13.2. The summed E-state index contributed by atoms with van der Waals surface area (Å²) in [5, 5.41) is 9.61. The van der Waals surface area contributed by atoms with E-state index in [1.807, 2.05) is 0 Å². The third-order valence-electron chi connectivity index (χ3n) is 2.85. The lowest BCUT2D eigenvalue weighted by Crippen LogP contribution is -2.52. The minimum absolute atomic E-state index is 0.229. The van der Waals surface area contributed by atoms with E-state index in [0.29, 0.717) is 29.4 Å². The molecule has 0 spiro atoms. The summed E-state index contributed by atoms with van der Waals surface area (Å²) in [6, 6.07) is 6.46. The van der Waals surface area contributed by atoms with Gasteiger partial charge in [-0.2, -0.15) is 5.26 Å². The zero-order chi connectivity index (χ0) is 13.1. The number of benzene rings is 1. The zero-order valence-corrected chi connectivity index (χ0v) is 10.4. The van der Waals surface area contributed by atoms with Gasteiger partial charge in [-0.1, -0.05) is 11.6 Å². The molecule has 1 aliphatic heterocycles. The van der Waals surface area contributed by atoms with Crippen LogP contribution in [0.3, 0.4) is 0 Å². The number of hydrogen-bond acceptors (Lipinski definition) is 4. The Labute approximate surface area is 110 Å². The predicted octanol–water partition coefficient (Wildman–Crippen LogP) is 0.902. The molecule has 94 valence electrons. The lowest BCUT2D eigenvalue weighted by atomic mass is 10.1. The van der Waals surface area contributed by atoms with Gasteiger partial charge in [0, 0.05) is 11.6 Å². The molecule has 0 saturated carbocycles. The molecule has 0 radical (unpaired) electrons. The number of hydrogen-bond donors (Lipinski definition) is 1. The summed E-state index contributed by atoms with van der Waals surface area (Å²) in [5.41, 5.74) is 6.44. The molecule has 2 rings (SSSR count). The van der Waals surface area contributed by atoms with E-state index in [1.54, 1.807) is 23.1 Å². The van der Waals surface area contributed by atoms with E-state index in [4.69, 9.17) is 27.3 Å². The number of halogens is 1. The first-order chi connectivity index (χ1) is 8.63. The number of rotatable bonds is 2. The molecule has 1 unspecified atom stereocenters.